The molecule has 0 amide bonds. The van der Waals surface area contributed by atoms with Crippen LogP contribution in [0.25, 0.3) is 11.3 Å². The lowest BCUT2D eigenvalue weighted by Crippen LogP contribution is -1.81. The molecule has 0 unspecified atom stereocenters. The molecule has 5 heteroatoms. The number of alkyl halides is 1. The molecule has 0 aliphatic rings. The van der Waals surface area contributed by atoms with Gasteiger partial charge in [-0.1, -0.05) is 0 Å². The number of halogens is 3. The first kappa shape index (κ1) is 10.6. The van der Waals surface area contributed by atoms with Gasteiger partial charge in [-0.3, -0.25) is 5.10 Å². The number of rotatable bonds is 2. The average Bonchev–Trinajstić information content (AvgIpc) is 2.70. The molecule has 0 saturated carbocycles. The molecule has 0 saturated heterocycles. The number of hydrogen-bond donors (Lipinski definition) is 1. The first-order chi connectivity index (χ1) is 7.20. The second-order valence-corrected chi connectivity index (χ2v) is 4.16. The van der Waals surface area contributed by atoms with E-state index in [2.05, 4.69) is 26.1 Å². The van der Waals surface area contributed by atoms with Gasteiger partial charge in [0.2, 0.25) is 0 Å². The van der Waals surface area contributed by atoms with E-state index in [1.54, 1.807) is 12.1 Å². The Labute approximate surface area is 99.6 Å². The highest BCUT2D eigenvalue weighted by Crippen LogP contribution is 2.24. The Morgan fingerprint density at radius 1 is 1.40 bits per heavy atom. The summed E-state index contributed by atoms with van der Waals surface area (Å²) in [6.45, 7) is 0. The van der Waals surface area contributed by atoms with Crippen LogP contribution >= 0.6 is 27.5 Å². The summed E-state index contributed by atoms with van der Waals surface area (Å²) >= 11 is 8.77. The molecule has 2 nitrogen and oxygen atoms in total. The minimum Gasteiger partial charge on any atom is -0.281 e. The maximum Gasteiger partial charge on any atom is 0.137 e. The second kappa shape index (κ2) is 4.33. The van der Waals surface area contributed by atoms with Crippen molar-refractivity contribution < 1.29 is 4.39 Å². The Morgan fingerprint density at radius 2 is 2.20 bits per heavy atom. The van der Waals surface area contributed by atoms with E-state index in [-0.39, 0.29) is 5.82 Å². The van der Waals surface area contributed by atoms with Crippen LogP contribution in [0.4, 0.5) is 4.39 Å². The molecule has 2 rings (SSSR count). The zero-order chi connectivity index (χ0) is 10.8. The molecule has 0 radical (unpaired) electrons. The smallest absolute Gasteiger partial charge is 0.137 e. The van der Waals surface area contributed by atoms with Crippen LogP contribution in [-0.4, -0.2) is 10.2 Å². The zero-order valence-corrected chi connectivity index (χ0v) is 9.94. The van der Waals surface area contributed by atoms with Crippen molar-refractivity contribution in [3.8, 4) is 11.3 Å². The third-order valence-electron chi connectivity index (χ3n) is 1.99. The highest BCUT2D eigenvalue weighted by Gasteiger charge is 2.06. The van der Waals surface area contributed by atoms with Crippen molar-refractivity contribution in [1.82, 2.24) is 10.2 Å². The maximum absolute atomic E-state index is 13.0. The van der Waals surface area contributed by atoms with Crippen LogP contribution in [0.1, 0.15) is 5.69 Å². The fourth-order valence-corrected chi connectivity index (χ4v) is 1.75. The van der Waals surface area contributed by atoms with Crippen molar-refractivity contribution in [3.05, 3.63) is 40.2 Å². The molecule has 0 fully saturated rings. The van der Waals surface area contributed by atoms with Crippen LogP contribution in [0.2, 0.25) is 0 Å². The summed E-state index contributed by atoms with van der Waals surface area (Å²) in [5, 5.41) is 6.87. The van der Waals surface area contributed by atoms with Gasteiger partial charge < -0.3 is 0 Å². The number of hydrogen-bond acceptors (Lipinski definition) is 1. The molecule has 0 spiro atoms. The van der Waals surface area contributed by atoms with E-state index in [0.29, 0.717) is 10.4 Å². The number of aromatic nitrogens is 2. The quantitative estimate of drug-likeness (QED) is 0.839. The van der Waals surface area contributed by atoms with Crippen LogP contribution in [0, 0.1) is 5.82 Å². The molecular formula is C10H7BrClFN2. The second-order valence-electron chi connectivity index (χ2n) is 3.04. The number of nitrogens with one attached hydrogen (secondary N) is 1. The van der Waals surface area contributed by atoms with Gasteiger partial charge >= 0.3 is 0 Å². The van der Waals surface area contributed by atoms with Crippen molar-refractivity contribution in [1.29, 1.82) is 0 Å². The van der Waals surface area contributed by atoms with Gasteiger partial charge in [-0.15, -0.1) is 11.6 Å². The fraction of sp³-hybridized carbons (Fsp3) is 0.100. The SMILES string of the molecule is Fc1ccc(-c2cc(CCl)[nH]n2)cc1Br. The Hall–Kier alpha value is -0.870. The normalized spacial score (nSPS) is 10.6. The highest BCUT2D eigenvalue weighted by atomic mass is 79.9. The molecule has 0 aliphatic heterocycles. The Morgan fingerprint density at radius 3 is 2.80 bits per heavy atom. The molecule has 15 heavy (non-hydrogen) atoms. The number of nitrogens with zero attached hydrogens (tertiary/aromatic N) is 1. The molecule has 2 aromatic rings. The van der Waals surface area contributed by atoms with E-state index in [1.165, 1.54) is 6.07 Å². The predicted octanol–water partition coefficient (Wildman–Crippen LogP) is 3.72. The lowest BCUT2D eigenvalue weighted by atomic mass is 10.1. The zero-order valence-electron chi connectivity index (χ0n) is 7.60. The molecule has 0 bridgehead atoms. The molecule has 1 aromatic carbocycles. The van der Waals surface area contributed by atoms with Crippen molar-refractivity contribution in [3.63, 3.8) is 0 Å². The van der Waals surface area contributed by atoms with Gasteiger partial charge in [0.25, 0.3) is 0 Å². The van der Waals surface area contributed by atoms with Crippen LogP contribution in [0.5, 0.6) is 0 Å². The molecule has 0 aliphatic carbocycles. The van der Waals surface area contributed by atoms with Crippen molar-refractivity contribution in [2.45, 2.75) is 5.88 Å². The van der Waals surface area contributed by atoms with Gasteiger partial charge in [0.05, 0.1) is 21.7 Å². The summed E-state index contributed by atoms with van der Waals surface area (Å²) in [4.78, 5) is 0. The van der Waals surface area contributed by atoms with E-state index in [1.807, 2.05) is 6.07 Å². The molecule has 1 aromatic heterocycles. The average molecular weight is 290 g/mol. The summed E-state index contributed by atoms with van der Waals surface area (Å²) in [6, 6.07) is 6.60. The summed E-state index contributed by atoms with van der Waals surface area (Å²) in [7, 11) is 0. The molecular weight excluding hydrogens is 282 g/mol. The molecule has 0 atom stereocenters. The van der Waals surface area contributed by atoms with E-state index < -0.39 is 0 Å². The monoisotopic (exact) mass is 288 g/mol. The van der Waals surface area contributed by atoms with Crippen LogP contribution < -0.4 is 0 Å². The molecule has 78 valence electrons. The number of benzene rings is 1. The van der Waals surface area contributed by atoms with E-state index >= 15 is 0 Å². The summed E-state index contributed by atoms with van der Waals surface area (Å²) in [5.41, 5.74) is 2.44. The van der Waals surface area contributed by atoms with Crippen LogP contribution in [0.3, 0.4) is 0 Å². The van der Waals surface area contributed by atoms with Gasteiger partial charge in [-0.25, -0.2) is 4.39 Å². The summed E-state index contributed by atoms with van der Waals surface area (Å²) in [6.07, 6.45) is 0. The third kappa shape index (κ3) is 2.21. The standard InChI is InChI=1S/C10H7BrClFN2/c11-8-3-6(1-2-9(8)13)10-4-7(5-12)14-15-10/h1-4H,5H2,(H,14,15). The van der Waals surface area contributed by atoms with E-state index in [0.717, 1.165) is 17.0 Å². The minimum absolute atomic E-state index is 0.285. The Balaban J connectivity index is 2.40. The summed E-state index contributed by atoms with van der Waals surface area (Å²) < 4.78 is 13.4. The Bertz CT molecular complexity index is 484. The number of H-pyrrole nitrogens is 1. The largest absolute Gasteiger partial charge is 0.281 e. The van der Waals surface area contributed by atoms with Crippen molar-refractivity contribution >= 4 is 27.5 Å². The minimum atomic E-state index is -0.285. The van der Waals surface area contributed by atoms with Gasteiger partial charge in [0.15, 0.2) is 0 Å². The predicted molar refractivity (Wildman–Crippen MR) is 61.2 cm³/mol. The van der Waals surface area contributed by atoms with Crippen LogP contribution in [0.15, 0.2) is 28.7 Å². The van der Waals surface area contributed by atoms with Crippen LogP contribution in [-0.2, 0) is 5.88 Å². The Kier molecular flexibility index (Phi) is 3.07. The number of aromatic amines is 1. The first-order valence-electron chi connectivity index (χ1n) is 4.26. The van der Waals surface area contributed by atoms with Gasteiger partial charge in [-0.2, -0.15) is 5.10 Å². The summed E-state index contributed by atoms with van der Waals surface area (Å²) in [5.74, 6) is 0.0990. The van der Waals surface area contributed by atoms with E-state index in [9.17, 15) is 4.39 Å². The molecule has 1 heterocycles. The molecule has 1 N–H and O–H groups in total. The van der Waals surface area contributed by atoms with Gasteiger partial charge in [0, 0.05) is 5.56 Å². The lowest BCUT2D eigenvalue weighted by Gasteiger charge is -1.98. The van der Waals surface area contributed by atoms with E-state index in [4.69, 9.17) is 11.6 Å². The third-order valence-corrected chi connectivity index (χ3v) is 2.89. The van der Waals surface area contributed by atoms with Crippen molar-refractivity contribution in [2.24, 2.45) is 0 Å². The lowest BCUT2D eigenvalue weighted by molar-refractivity contribution is 0.621. The van der Waals surface area contributed by atoms with Gasteiger partial charge in [-0.05, 0) is 40.2 Å². The topological polar surface area (TPSA) is 28.7 Å². The first-order valence-corrected chi connectivity index (χ1v) is 5.59. The fourth-order valence-electron chi connectivity index (χ4n) is 1.23. The van der Waals surface area contributed by atoms with Crippen molar-refractivity contribution in [2.75, 3.05) is 0 Å². The van der Waals surface area contributed by atoms with Gasteiger partial charge in [0.1, 0.15) is 5.82 Å². The highest BCUT2D eigenvalue weighted by molar-refractivity contribution is 9.10. The maximum atomic E-state index is 13.0.